The zero-order valence-electron chi connectivity index (χ0n) is 8.65. The number of hydrogen-bond acceptors (Lipinski definition) is 3. The fourth-order valence-corrected chi connectivity index (χ4v) is 1.45. The molecule has 0 bridgehead atoms. The van der Waals surface area contributed by atoms with E-state index in [4.69, 9.17) is 0 Å². The molecule has 3 nitrogen and oxygen atoms in total. The number of nitrogens with zero attached hydrogens (tertiary/aromatic N) is 1. The summed E-state index contributed by atoms with van der Waals surface area (Å²) in [6, 6.07) is 9.49. The van der Waals surface area contributed by atoms with Crippen molar-refractivity contribution in [1.29, 1.82) is 0 Å². The smallest absolute Gasteiger partial charge is 0.356 e. The molecule has 0 amide bonds. The minimum absolute atomic E-state index is 0.343. The van der Waals surface area contributed by atoms with Gasteiger partial charge in [-0.3, -0.25) is 0 Å². The third kappa shape index (κ3) is 1.81. The van der Waals surface area contributed by atoms with Crippen LogP contribution in [0.15, 0.2) is 30.3 Å². The van der Waals surface area contributed by atoms with Gasteiger partial charge in [0.15, 0.2) is 0 Å². The lowest BCUT2D eigenvalue weighted by Gasteiger charge is -2.01. The number of aryl methyl sites for hydroxylation is 1. The molecule has 0 saturated carbocycles. The second kappa shape index (κ2) is 3.69. The van der Waals surface area contributed by atoms with E-state index in [9.17, 15) is 4.79 Å². The predicted molar refractivity (Wildman–Crippen MR) is 57.8 cm³/mol. The number of hydrogen-bond donors (Lipinski definition) is 0. The van der Waals surface area contributed by atoms with Crippen molar-refractivity contribution in [2.75, 3.05) is 7.11 Å². The molecule has 0 N–H and O–H groups in total. The zero-order chi connectivity index (χ0) is 10.8. The van der Waals surface area contributed by atoms with Gasteiger partial charge < -0.3 is 4.74 Å². The SMILES string of the molecule is COC(=O)c1ccc2ccc(C)cc2n1. The highest BCUT2D eigenvalue weighted by Crippen LogP contribution is 2.14. The molecule has 3 heteroatoms. The van der Waals surface area contributed by atoms with Gasteiger partial charge in [-0.2, -0.15) is 0 Å². The minimum Gasteiger partial charge on any atom is -0.464 e. The molecule has 0 atom stereocenters. The lowest BCUT2D eigenvalue weighted by atomic mass is 10.1. The third-order valence-corrected chi connectivity index (χ3v) is 2.24. The van der Waals surface area contributed by atoms with Crippen molar-refractivity contribution >= 4 is 16.9 Å². The summed E-state index contributed by atoms with van der Waals surface area (Å²) in [6.07, 6.45) is 0. The van der Waals surface area contributed by atoms with Crippen LogP contribution < -0.4 is 0 Å². The van der Waals surface area contributed by atoms with Crippen LogP contribution in [0.1, 0.15) is 16.1 Å². The number of carbonyl (C=O) groups excluding carboxylic acids is 1. The second-order valence-electron chi connectivity index (χ2n) is 3.38. The van der Waals surface area contributed by atoms with Crippen LogP contribution in [0, 0.1) is 6.92 Å². The van der Waals surface area contributed by atoms with Crippen LogP contribution >= 0.6 is 0 Å². The highest BCUT2D eigenvalue weighted by molar-refractivity contribution is 5.91. The summed E-state index contributed by atoms with van der Waals surface area (Å²) in [5.41, 5.74) is 2.28. The predicted octanol–water partition coefficient (Wildman–Crippen LogP) is 2.33. The van der Waals surface area contributed by atoms with Crippen LogP contribution in [0.3, 0.4) is 0 Å². The van der Waals surface area contributed by atoms with Crippen LogP contribution in [0.2, 0.25) is 0 Å². The lowest BCUT2D eigenvalue weighted by molar-refractivity contribution is 0.0594. The number of methoxy groups -OCH3 is 1. The van der Waals surface area contributed by atoms with Gasteiger partial charge in [-0.1, -0.05) is 18.2 Å². The number of esters is 1. The highest BCUT2D eigenvalue weighted by Gasteiger charge is 2.07. The van der Waals surface area contributed by atoms with E-state index in [0.29, 0.717) is 5.69 Å². The second-order valence-corrected chi connectivity index (χ2v) is 3.38. The molecule has 0 aliphatic carbocycles. The number of fused-ring (bicyclic) bond motifs is 1. The summed E-state index contributed by atoms with van der Waals surface area (Å²) >= 11 is 0. The summed E-state index contributed by atoms with van der Waals surface area (Å²) in [5.74, 6) is -0.404. The zero-order valence-corrected chi connectivity index (χ0v) is 8.65. The molecule has 1 heterocycles. The Hall–Kier alpha value is -1.90. The normalized spacial score (nSPS) is 10.3. The molecular formula is C12H11NO2. The van der Waals surface area contributed by atoms with Gasteiger partial charge in [-0.25, -0.2) is 9.78 Å². The molecule has 15 heavy (non-hydrogen) atoms. The number of aromatic nitrogens is 1. The first kappa shape index (κ1) is 9.65. The Balaban J connectivity index is 2.59. The molecule has 0 aliphatic heterocycles. The van der Waals surface area contributed by atoms with Crippen molar-refractivity contribution in [2.24, 2.45) is 0 Å². The maximum Gasteiger partial charge on any atom is 0.356 e. The van der Waals surface area contributed by atoms with Crippen molar-refractivity contribution in [3.8, 4) is 0 Å². The van der Waals surface area contributed by atoms with E-state index in [1.807, 2.05) is 31.2 Å². The van der Waals surface area contributed by atoms with E-state index in [-0.39, 0.29) is 0 Å². The summed E-state index contributed by atoms with van der Waals surface area (Å²) < 4.78 is 4.61. The van der Waals surface area contributed by atoms with Gasteiger partial charge in [0, 0.05) is 5.39 Å². The quantitative estimate of drug-likeness (QED) is 0.665. The first-order chi connectivity index (χ1) is 7.20. The summed E-state index contributed by atoms with van der Waals surface area (Å²) in [6.45, 7) is 1.99. The standard InChI is InChI=1S/C12H11NO2/c1-8-3-4-9-5-6-10(12(14)15-2)13-11(9)7-8/h3-7H,1-2H3. The Morgan fingerprint density at radius 3 is 2.73 bits per heavy atom. The van der Waals surface area contributed by atoms with Gasteiger partial charge in [-0.05, 0) is 24.6 Å². The summed E-state index contributed by atoms with van der Waals surface area (Å²) in [4.78, 5) is 15.5. The van der Waals surface area contributed by atoms with Gasteiger partial charge in [0.25, 0.3) is 0 Å². The topological polar surface area (TPSA) is 39.2 Å². The maximum absolute atomic E-state index is 11.3. The molecule has 0 aliphatic rings. The van der Waals surface area contributed by atoms with Crippen LogP contribution in [-0.2, 0) is 4.74 Å². The number of benzene rings is 1. The molecule has 76 valence electrons. The largest absolute Gasteiger partial charge is 0.464 e. The van der Waals surface area contributed by atoms with Crippen molar-refractivity contribution in [3.05, 3.63) is 41.6 Å². The Bertz CT molecular complexity index is 520. The molecule has 2 aromatic rings. The number of carbonyl (C=O) groups is 1. The average Bonchev–Trinajstić information content (AvgIpc) is 2.27. The fraction of sp³-hybridized carbons (Fsp3) is 0.167. The van der Waals surface area contributed by atoms with E-state index in [1.165, 1.54) is 7.11 Å². The first-order valence-corrected chi connectivity index (χ1v) is 4.66. The Labute approximate surface area is 87.7 Å². The molecule has 0 fully saturated rings. The maximum atomic E-state index is 11.3. The van der Waals surface area contributed by atoms with Crippen LogP contribution in [0.5, 0.6) is 0 Å². The Kier molecular flexibility index (Phi) is 2.37. The van der Waals surface area contributed by atoms with Crippen LogP contribution in [0.4, 0.5) is 0 Å². The third-order valence-electron chi connectivity index (χ3n) is 2.24. The molecule has 0 saturated heterocycles. The molecular weight excluding hydrogens is 190 g/mol. The van der Waals surface area contributed by atoms with E-state index in [1.54, 1.807) is 6.07 Å². The monoisotopic (exact) mass is 201 g/mol. The van der Waals surface area contributed by atoms with Gasteiger partial charge in [0.1, 0.15) is 5.69 Å². The summed E-state index contributed by atoms with van der Waals surface area (Å²) in [5, 5.41) is 1.02. The van der Waals surface area contributed by atoms with Gasteiger partial charge >= 0.3 is 5.97 Å². The molecule has 2 rings (SSSR count). The molecule has 0 unspecified atom stereocenters. The first-order valence-electron chi connectivity index (χ1n) is 4.66. The van der Waals surface area contributed by atoms with Crippen molar-refractivity contribution in [1.82, 2.24) is 4.98 Å². The summed E-state index contributed by atoms with van der Waals surface area (Å²) in [7, 11) is 1.35. The molecule has 0 radical (unpaired) electrons. The minimum atomic E-state index is -0.404. The highest BCUT2D eigenvalue weighted by atomic mass is 16.5. The number of rotatable bonds is 1. The Morgan fingerprint density at radius 1 is 1.27 bits per heavy atom. The average molecular weight is 201 g/mol. The molecule has 0 spiro atoms. The van der Waals surface area contributed by atoms with E-state index in [2.05, 4.69) is 9.72 Å². The Morgan fingerprint density at radius 2 is 2.00 bits per heavy atom. The van der Waals surface area contributed by atoms with E-state index in [0.717, 1.165) is 16.5 Å². The fourth-order valence-electron chi connectivity index (χ4n) is 1.45. The molecule has 1 aromatic heterocycles. The van der Waals surface area contributed by atoms with E-state index < -0.39 is 5.97 Å². The number of pyridine rings is 1. The van der Waals surface area contributed by atoms with Crippen molar-refractivity contribution < 1.29 is 9.53 Å². The lowest BCUT2D eigenvalue weighted by Crippen LogP contribution is -2.03. The van der Waals surface area contributed by atoms with Gasteiger partial charge in [-0.15, -0.1) is 0 Å². The van der Waals surface area contributed by atoms with Crippen molar-refractivity contribution in [3.63, 3.8) is 0 Å². The number of ether oxygens (including phenoxy) is 1. The van der Waals surface area contributed by atoms with Crippen LogP contribution in [-0.4, -0.2) is 18.1 Å². The van der Waals surface area contributed by atoms with Crippen molar-refractivity contribution in [2.45, 2.75) is 6.92 Å². The van der Waals surface area contributed by atoms with E-state index >= 15 is 0 Å². The molecule has 1 aromatic carbocycles. The van der Waals surface area contributed by atoms with Gasteiger partial charge in [0.05, 0.1) is 12.6 Å². The van der Waals surface area contributed by atoms with Crippen LogP contribution in [0.25, 0.3) is 10.9 Å². The van der Waals surface area contributed by atoms with Gasteiger partial charge in [0.2, 0.25) is 0 Å².